The Kier molecular flexibility index (Phi) is 10.3. The Balaban J connectivity index is 0.00000230. The molecule has 0 spiro atoms. The van der Waals surface area contributed by atoms with E-state index in [0.29, 0.717) is 35.3 Å². The largest absolute Gasteiger partial charge is 1.00 e. The summed E-state index contributed by atoms with van der Waals surface area (Å²) in [6.45, 7) is 4.13. The molecular weight excluding hydrogens is 583 g/mol. The first-order chi connectivity index (χ1) is 21.0. The molecule has 6 aromatic rings. The van der Waals surface area contributed by atoms with Crippen LogP contribution in [0.15, 0.2) is 97.5 Å². The van der Waals surface area contributed by atoms with Gasteiger partial charge in [0.05, 0.1) is 12.2 Å². The van der Waals surface area contributed by atoms with Crippen molar-refractivity contribution in [2.75, 3.05) is 0 Å². The number of rotatable bonds is 10. The van der Waals surface area contributed by atoms with Gasteiger partial charge in [0.1, 0.15) is 5.82 Å². The second kappa shape index (κ2) is 14.4. The number of aryl methyl sites for hydroxylation is 2. The minimum Gasteiger partial charge on any atom is -1.00 e. The molecule has 0 aliphatic heterocycles. The number of aromatic nitrogens is 6. The average Bonchev–Trinajstić information content (AvgIpc) is 3.70. The zero-order valence-corrected chi connectivity index (χ0v) is 28.0. The van der Waals surface area contributed by atoms with E-state index in [2.05, 4.69) is 27.2 Å². The van der Waals surface area contributed by atoms with Gasteiger partial charge in [0.25, 0.3) is 11.4 Å². The zero-order valence-electron chi connectivity index (χ0n) is 25.9. The number of H-pyrrole nitrogens is 1. The molecular formula is C33H31KN6O4. The van der Waals surface area contributed by atoms with Crippen LogP contribution in [0.1, 0.15) is 49.7 Å². The molecule has 3 aromatic carbocycles. The van der Waals surface area contributed by atoms with Gasteiger partial charge >= 0.3 is 57.1 Å². The summed E-state index contributed by atoms with van der Waals surface area (Å²) < 4.78 is 11.8. The van der Waals surface area contributed by atoms with Crippen LogP contribution in [0.25, 0.3) is 34.0 Å². The molecule has 0 bridgehead atoms. The molecule has 0 amide bonds. The summed E-state index contributed by atoms with van der Waals surface area (Å²) in [7, 11) is 0. The van der Waals surface area contributed by atoms with Gasteiger partial charge < -0.3 is 5.95 Å². The van der Waals surface area contributed by atoms with Crippen molar-refractivity contribution < 1.29 is 61.9 Å². The third-order valence-corrected chi connectivity index (χ3v) is 7.36. The Bertz CT molecular complexity index is 1980. The second-order valence-electron chi connectivity index (χ2n) is 10.3. The summed E-state index contributed by atoms with van der Waals surface area (Å²) >= 11 is 0. The molecule has 0 fully saturated rings. The molecule has 0 aliphatic carbocycles. The third kappa shape index (κ3) is 6.97. The summed E-state index contributed by atoms with van der Waals surface area (Å²) in [6, 6.07) is 25.2. The fraction of sp³-hybridized carbons (Fsp3) is 0.212. The van der Waals surface area contributed by atoms with Gasteiger partial charge in [-0.3, -0.25) is 18.9 Å². The predicted octanol–water partition coefficient (Wildman–Crippen LogP) is 2.71. The maximum atomic E-state index is 13.9. The Morgan fingerprint density at radius 2 is 1.57 bits per heavy atom. The van der Waals surface area contributed by atoms with Crippen molar-refractivity contribution in [3.8, 4) is 34.0 Å². The summed E-state index contributed by atoms with van der Waals surface area (Å²) in [5.41, 5.74) is 5.78. The molecule has 1 N–H and O–H groups in total. The number of unbranched alkanes of at least 4 members (excludes halogenated alkanes) is 1. The van der Waals surface area contributed by atoms with Crippen LogP contribution in [0.4, 0.5) is 0 Å². The van der Waals surface area contributed by atoms with Crippen molar-refractivity contribution in [3.05, 3.63) is 128 Å². The number of hydrogen-bond acceptors (Lipinski definition) is 8. The SMILES string of the molecule is CCCCc1nc(C)n(Cc2noc(-c3ccccc3)n2)c(=O)c1Cc1ccc(-c2ccccc2-c2noc(=O)[nH]2)cc1.[H-].[K+]. The van der Waals surface area contributed by atoms with Gasteiger partial charge in [0, 0.05) is 23.1 Å². The van der Waals surface area contributed by atoms with Crippen LogP contribution in [-0.2, 0) is 19.4 Å². The van der Waals surface area contributed by atoms with Crippen LogP contribution < -0.4 is 62.7 Å². The normalized spacial score (nSPS) is 11.0. The predicted molar refractivity (Wildman–Crippen MR) is 163 cm³/mol. The van der Waals surface area contributed by atoms with E-state index in [1.54, 1.807) is 4.57 Å². The van der Waals surface area contributed by atoms with Crippen LogP contribution in [-0.4, -0.2) is 29.8 Å². The van der Waals surface area contributed by atoms with Gasteiger partial charge in [-0.05, 0) is 48.6 Å². The molecule has 44 heavy (non-hydrogen) atoms. The Morgan fingerprint density at radius 3 is 2.27 bits per heavy atom. The van der Waals surface area contributed by atoms with E-state index in [1.165, 1.54) is 0 Å². The van der Waals surface area contributed by atoms with Crippen molar-refractivity contribution in [2.24, 2.45) is 0 Å². The maximum Gasteiger partial charge on any atom is 1.00 e. The van der Waals surface area contributed by atoms with Crippen LogP contribution in [0.3, 0.4) is 0 Å². The summed E-state index contributed by atoms with van der Waals surface area (Å²) in [6.07, 6.45) is 3.10. The van der Waals surface area contributed by atoms with Crippen molar-refractivity contribution in [1.82, 2.24) is 29.8 Å². The van der Waals surface area contributed by atoms with E-state index >= 15 is 0 Å². The Morgan fingerprint density at radius 1 is 0.841 bits per heavy atom. The van der Waals surface area contributed by atoms with E-state index < -0.39 is 5.76 Å². The first kappa shape index (κ1) is 31.7. The number of hydrogen-bond donors (Lipinski definition) is 1. The number of aromatic amines is 1. The van der Waals surface area contributed by atoms with Gasteiger partial charge in [0.15, 0.2) is 11.6 Å². The van der Waals surface area contributed by atoms with E-state index in [1.807, 2.05) is 85.8 Å². The third-order valence-electron chi connectivity index (χ3n) is 7.36. The molecule has 10 nitrogen and oxygen atoms in total. The molecule has 0 radical (unpaired) electrons. The molecule has 3 aromatic heterocycles. The van der Waals surface area contributed by atoms with Gasteiger partial charge in [-0.25, -0.2) is 9.78 Å². The van der Waals surface area contributed by atoms with Crippen LogP contribution >= 0.6 is 0 Å². The summed E-state index contributed by atoms with van der Waals surface area (Å²) in [5, 5.41) is 7.97. The molecule has 0 atom stereocenters. The molecule has 0 saturated heterocycles. The average molecular weight is 615 g/mol. The molecule has 0 aliphatic rings. The maximum absolute atomic E-state index is 13.9. The van der Waals surface area contributed by atoms with E-state index in [-0.39, 0.29) is 64.9 Å². The molecule has 0 saturated carbocycles. The van der Waals surface area contributed by atoms with Crippen LogP contribution in [0, 0.1) is 6.92 Å². The fourth-order valence-corrected chi connectivity index (χ4v) is 5.12. The first-order valence-corrected chi connectivity index (χ1v) is 14.2. The second-order valence-corrected chi connectivity index (χ2v) is 10.3. The Hall–Kier alpha value is -3.74. The smallest absolute Gasteiger partial charge is 1.00 e. The van der Waals surface area contributed by atoms with Crippen molar-refractivity contribution >= 4 is 0 Å². The van der Waals surface area contributed by atoms with Crippen LogP contribution in [0.2, 0.25) is 0 Å². The molecule has 0 unspecified atom stereocenters. The van der Waals surface area contributed by atoms with Crippen molar-refractivity contribution in [3.63, 3.8) is 0 Å². The number of benzene rings is 3. The van der Waals surface area contributed by atoms with Crippen LogP contribution in [0.5, 0.6) is 0 Å². The number of nitrogens with one attached hydrogen (secondary N) is 1. The zero-order chi connectivity index (χ0) is 29.8. The summed E-state index contributed by atoms with van der Waals surface area (Å²) in [5.74, 6) is 1.20. The number of nitrogens with zero attached hydrogens (tertiary/aromatic N) is 5. The Labute approximate surface area is 297 Å². The fourth-order valence-electron chi connectivity index (χ4n) is 5.12. The van der Waals surface area contributed by atoms with Gasteiger partial charge in [-0.15, -0.1) is 0 Å². The van der Waals surface area contributed by atoms with Gasteiger partial charge in [-0.1, -0.05) is 90.4 Å². The monoisotopic (exact) mass is 614 g/mol. The van der Waals surface area contributed by atoms with E-state index in [9.17, 15) is 9.59 Å². The quantitative estimate of drug-likeness (QED) is 0.233. The van der Waals surface area contributed by atoms with E-state index in [4.69, 9.17) is 14.0 Å². The van der Waals surface area contributed by atoms with Gasteiger partial charge in [-0.2, -0.15) is 4.98 Å². The molecule has 3 heterocycles. The van der Waals surface area contributed by atoms with Gasteiger partial charge in [0.2, 0.25) is 0 Å². The minimum absolute atomic E-state index is 0. The molecule has 218 valence electrons. The first-order valence-electron chi connectivity index (χ1n) is 14.2. The molecule has 6 rings (SSSR count). The summed E-state index contributed by atoms with van der Waals surface area (Å²) in [4.78, 5) is 37.5. The minimum atomic E-state index is -0.604. The molecule has 11 heteroatoms. The standard InChI is InChI=1S/C33H30N6O4.K.H/c1-3-4-14-28-27(32(40)39(21(2)34-28)20-29-35-31(42-37-29)24-10-6-5-7-11-24)19-22-15-17-23(18-16-22)25-12-8-9-13-26(25)30-36-33(41)43-38-30;;/h5-13,15-18H,3-4,14,19-20H2,1-2H3,(H,36,38,41);;/q;+1;-1. The topological polar surface area (TPSA) is 133 Å². The van der Waals surface area contributed by atoms with Crippen molar-refractivity contribution in [1.29, 1.82) is 0 Å². The van der Waals surface area contributed by atoms with E-state index in [0.717, 1.165) is 52.8 Å². The van der Waals surface area contributed by atoms with Crippen molar-refractivity contribution in [2.45, 2.75) is 46.1 Å².